The molecular formula is C18H17ClOP+. The Morgan fingerprint density at radius 1 is 0.476 bits per heavy atom. The summed E-state index contributed by atoms with van der Waals surface area (Å²) in [7, 11) is 0. The number of rotatable bonds is 3. The van der Waals surface area contributed by atoms with E-state index in [2.05, 4.69) is 72.8 Å². The molecule has 21 heavy (non-hydrogen) atoms. The van der Waals surface area contributed by atoms with Crippen LogP contribution in [0.1, 0.15) is 0 Å². The molecule has 0 bridgehead atoms. The summed E-state index contributed by atoms with van der Waals surface area (Å²) < 4.78 is 0. The topological polar surface area (TPSA) is 31.5 Å². The fourth-order valence-corrected chi connectivity index (χ4v) is 6.00. The molecule has 0 aliphatic heterocycles. The van der Waals surface area contributed by atoms with E-state index in [4.69, 9.17) is 11.2 Å². The molecule has 0 aromatic heterocycles. The largest absolute Gasteiger partial charge is 0.412 e. The molecule has 0 atom stereocenters. The molecule has 0 radical (unpaired) electrons. The van der Waals surface area contributed by atoms with Gasteiger partial charge in [-0.05, 0) is 36.4 Å². The highest BCUT2D eigenvalue weighted by Crippen LogP contribution is 2.60. The van der Waals surface area contributed by atoms with Crippen LogP contribution in [0.3, 0.4) is 0 Å². The van der Waals surface area contributed by atoms with Crippen molar-refractivity contribution in [1.82, 2.24) is 0 Å². The van der Waals surface area contributed by atoms with Crippen LogP contribution in [0.4, 0.5) is 0 Å². The highest BCUT2D eigenvalue weighted by Gasteiger charge is 2.44. The molecule has 0 saturated heterocycles. The minimum absolute atomic E-state index is 0. The van der Waals surface area contributed by atoms with E-state index in [1.54, 1.807) is 0 Å². The molecule has 3 rings (SSSR count). The molecule has 0 aliphatic rings. The highest BCUT2D eigenvalue weighted by molar-refractivity contribution is 8.14. The van der Waals surface area contributed by atoms with E-state index in [-0.39, 0.29) is 5.48 Å². The molecule has 0 heterocycles. The third-order valence-corrected chi connectivity index (χ3v) is 8.12. The molecule has 3 aromatic carbocycles. The Morgan fingerprint density at radius 2 is 0.714 bits per heavy atom. The van der Waals surface area contributed by atoms with Crippen molar-refractivity contribution in [3.8, 4) is 0 Å². The van der Waals surface area contributed by atoms with E-state index in [0.29, 0.717) is 0 Å². The maximum absolute atomic E-state index is 7.23. The van der Waals surface area contributed by atoms with E-state index < -0.39 is 6.62 Å². The second-order valence-electron chi connectivity index (χ2n) is 4.60. The van der Waals surface area contributed by atoms with Crippen LogP contribution in [0.5, 0.6) is 0 Å². The standard InChI is InChI=1S/C18H15ClP.H2O/c19-20(16-10-4-1-5-11-16,17-12-6-2-7-13-17)18-14-8-3-9-15-18;/h1-15H;1H2/q+1;. The third kappa shape index (κ3) is 3.01. The van der Waals surface area contributed by atoms with Crippen molar-refractivity contribution in [2.75, 3.05) is 0 Å². The molecule has 1 nitrogen and oxygen atoms in total. The predicted octanol–water partition coefficient (Wildman–Crippen LogP) is 3.31. The molecule has 0 aliphatic carbocycles. The number of hydrogen-bond acceptors (Lipinski definition) is 0. The first-order valence-electron chi connectivity index (χ1n) is 6.57. The van der Waals surface area contributed by atoms with Gasteiger partial charge in [0.25, 0.3) is 0 Å². The van der Waals surface area contributed by atoms with E-state index in [9.17, 15) is 0 Å². The van der Waals surface area contributed by atoms with Crippen LogP contribution in [0.2, 0.25) is 0 Å². The van der Waals surface area contributed by atoms with Crippen LogP contribution in [-0.4, -0.2) is 5.48 Å². The van der Waals surface area contributed by atoms with E-state index in [1.165, 1.54) is 15.9 Å². The summed E-state index contributed by atoms with van der Waals surface area (Å²) in [5.74, 6) is 0. The van der Waals surface area contributed by atoms with E-state index in [0.717, 1.165) is 0 Å². The molecule has 0 unspecified atom stereocenters. The molecule has 0 spiro atoms. The highest BCUT2D eigenvalue weighted by atomic mass is 35.7. The molecule has 3 heteroatoms. The smallest absolute Gasteiger partial charge is 0.210 e. The maximum atomic E-state index is 7.23. The zero-order valence-electron chi connectivity index (χ0n) is 11.5. The summed E-state index contributed by atoms with van der Waals surface area (Å²) >= 11 is 7.23. The van der Waals surface area contributed by atoms with E-state index >= 15 is 0 Å². The van der Waals surface area contributed by atoms with Crippen LogP contribution in [0.25, 0.3) is 0 Å². The molecule has 3 aromatic rings. The van der Waals surface area contributed by atoms with Crippen LogP contribution in [0.15, 0.2) is 91.0 Å². The van der Waals surface area contributed by atoms with E-state index in [1.807, 2.05) is 18.2 Å². The van der Waals surface area contributed by atoms with Gasteiger partial charge in [-0.25, -0.2) is 0 Å². The Kier molecular flexibility index (Phi) is 5.14. The Morgan fingerprint density at radius 3 is 0.952 bits per heavy atom. The second kappa shape index (κ2) is 6.87. The zero-order chi connectivity index (χ0) is 13.8. The lowest BCUT2D eigenvalue weighted by Crippen LogP contribution is -2.26. The third-order valence-electron chi connectivity index (χ3n) is 3.34. The molecule has 0 amide bonds. The van der Waals surface area contributed by atoms with Gasteiger partial charge in [0, 0.05) is 0 Å². The number of halogens is 1. The summed E-state index contributed by atoms with van der Waals surface area (Å²) in [4.78, 5) is 0. The van der Waals surface area contributed by atoms with Gasteiger partial charge in [0.15, 0.2) is 0 Å². The van der Waals surface area contributed by atoms with Crippen molar-refractivity contribution in [2.45, 2.75) is 0 Å². The Labute approximate surface area is 130 Å². The Hall–Kier alpha value is -1.66. The van der Waals surface area contributed by atoms with Gasteiger partial charge in [-0.3, -0.25) is 0 Å². The molecule has 0 saturated carbocycles. The molecular weight excluding hydrogens is 299 g/mol. The van der Waals surface area contributed by atoms with Crippen molar-refractivity contribution >= 4 is 33.8 Å². The number of hydrogen-bond donors (Lipinski definition) is 0. The van der Waals surface area contributed by atoms with Gasteiger partial charge in [-0.15, -0.1) is 0 Å². The van der Waals surface area contributed by atoms with Crippen LogP contribution < -0.4 is 15.9 Å². The fourth-order valence-electron chi connectivity index (χ4n) is 2.35. The van der Waals surface area contributed by atoms with Gasteiger partial charge in [0.2, 0.25) is 6.62 Å². The zero-order valence-corrected chi connectivity index (χ0v) is 13.1. The van der Waals surface area contributed by atoms with Crippen LogP contribution >= 0.6 is 17.9 Å². The van der Waals surface area contributed by atoms with Crippen LogP contribution in [0, 0.1) is 0 Å². The van der Waals surface area contributed by atoms with Gasteiger partial charge < -0.3 is 5.48 Å². The quantitative estimate of drug-likeness (QED) is 0.664. The van der Waals surface area contributed by atoms with Crippen molar-refractivity contribution in [3.63, 3.8) is 0 Å². The summed E-state index contributed by atoms with van der Waals surface area (Å²) in [6.07, 6.45) is 0. The van der Waals surface area contributed by atoms with Gasteiger partial charge in [0.1, 0.15) is 27.2 Å². The fraction of sp³-hybridized carbons (Fsp3) is 0. The van der Waals surface area contributed by atoms with Crippen molar-refractivity contribution in [3.05, 3.63) is 91.0 Å². The molecule has 106 valence electrons. The van der Waals surface area contributed by atoms with Crippen molar-refractivity contribution in [1.29, 1.82) is 0 Å². The van der Waals surface area contributed by atoms with Crippen molar-refractivity contribution in [2.24, 2.45) is 0 Å². The Balaban J connectivity index is 0.00000161. The minimum Gasteiger partial charge on any atom is -0.412 e. The lowest BCUT2D eigenvalue weighted by atomic mass is 10.4. The lowest BCUT2D eigenvalue weighted by Gasteiger charge is -2.18. The minimum atomic E-state index is -2.05. The number of benzene rings is 3. The maximum Gasteiger partial charge on any atom is 0.210 e. The summed E-state index contributed by atoms with van der Waals surface area (Å²) in [6, 6.07) is 31.2. The summed E-state index contributed by atoms with van der Waals surface area (Å²) in [5, 5.41) is 3.58. The van der Waals surface area contributed by atoms with Crippen molar-refractivity contribution < 1.29 is 5.48 Å². The van der Waals surface area contributed by atoms with Gasteiger partial charge in [-0.1, -0.05) is 54.6 Å². The molecule has 2 N–H and O–H groups in total. The monoisotopic (exact) mass is 315 g/mol. The predicted molar refractivity (Wildman–Crippen MR) is 94.6 cm³/mol. The second-order valence-corrected chi connectivity index (χ2v) is 8.84. The first-order valence-corrected chi connectivity index (χ1v) is 9.27. The molecule has 0 fully saturated rings. The average Bonchev–Trinajstić information content (AvgIpc) is 2.56. The normalized spacial score (nSPS) is 10.7. The Bertz CT molecular complexity index is 575. The van der Waals surface area contributed by atoms with Gasteiger partial charge >= 0.3 is 0 Å². The first-order chi connectivity index (χ1) is 9.82. The lowest BCUT2D eigenvalue weighted by molar-refractivity contribution is 0.824. The first kappa shape index (κ1) is 15.7. The van der Waals surface area contributed by atoms with Gasteiger partial charge in [0.05, 0.1) is 0 Å². The van der Waals surface area contributed by atoms with Crippen LogP contribution in [-0.2, 0) is 0 Å². The summed E-state index contributed by atoms with van der Waals surface area (Å²) in [6.45, 7) is -2.05. The van der Waals surface area contributed by atoms with Gasteiger partial charge in [-0.2, -0.15) is 0 Å². The average molecular weight is 316 g/mol. The SMILES string of the molecule is Cl[P+](c1ccccc1)(c1ccccc1)c1ccccc1.O. The summed E-state index contributed by atoms with van der Waals surface area (Å²) in [5.41, 5.74) is 0.